The van der Waals surface area contributed by atoms with Crippen molar-refractivity contribution in [1.29, 1.82) is 0 Å². The first-order valence-corrected chi connectivity index (χ1v) is 6.36. The lowest BCUT2D eigenvalue weighted by Gasteiger charge is -2.23. The highest BCUT2D eigenvalue weighted by molar-refractivity contribution is 6.30. The van der Waals surface area contributed by atoms with Crippen LogP contribution < -0.4 is 4.90 Å². The van der Waals surface area contributed by atoms with E-state index < -0.39 is 5.97 Å². The standard InChI is InChI=1S/C13H17ClN2O2/c1-15(9-13(17)18)12-6-7-16(8-12)11-4-2-10(14)3-5-11/h2-5,12H,6-9H2,1H3,(H,17,18). The molecule has 1 fully saturated rings. The Morgan fingerprint density at radius 2 is 2.17 bits per heavy atom. The molecule has 1 aromatic carbocycles. The molecule has 1 saturated heterocycles. The Kier molecular flexibility index (Phi) is 4.09. The van der Waals surface area contributed by atoms with Gasteiger partial charge in [0, 0.05) is 29.8 Å². The van der Waals surface area contributed by atoms with Gasteiger partial charge in [-0.15, -0.1) is 0 Å². The summed E-state index contributed by atoms with van der Waals surface area (Å²) in [5.74, 6) is -0.776. The minimum absolute atomic E-state index is 0.0964. The van der Waals surface area contributed by atoms with Gasteiger partial charge in [-0.05, 0) is 37.7 Å². The monoisotopic (exact) mass is 268 g/mol. The van der Waals surface area contributed by atoms with Crippen LogP contribution in [0, 0.1) is 0 Å². The smallest absolute Gasteiger partial charge is 0.317 e. The number of nitrogens with zero attached hydrogens (tertiary/aromatic N) is 2. The van der Waals surface area contributed by atoms with E-state index in [1.165, 1.54) is 0 Å². The predicted molar refractivity (Wildman–Crippen MR) is 72.3 cm³/mol. The van der Waals surface area contributed by atoms with Crippen molar-refractivity contribution in [2.45, 2.75) is 12.5 Å². The molecule has 1 aliphatic rings. The van der Waals surface area contributed by atoms with Gasteiger partial charge in [0.2, 0.25) is 0 Å². The van der Waals surface area contributed by atoms with Crippen molar-refractivity contribution in [2.75, 3.05) is 31.6 Å². The van der Waals surface area contributed by atoms with Crippen LogP contribution in [0.25, 0.3) is 0 Å². The molecular formula is C13H17ClN2O2. The van der Waals surface area contributed by atoms with Crippen LogP contribution in [0.2, 0.25) is 5.02 Å². The third-order valence-electron chi connectivity index (χ3n) is 3.36. The van der Waals surface area contributed by atoms with Gasteiger partial charge < -0.3 is 10.0 Å². The van der Waals surface area contributed by atoms with Gasteiger partial charge in [0.05, 0.1) is 6.54 Å². The van der Waals surface area contributed by atoms with Crippen LogP contribution in [0.15, 0.2) is 24.3 Å². The van der Waals surface area contributed by atoms with Crippen LogP contribution >= 0.6 is 11.6 Å². The molecule has 1 aromatic rings. The largest absolute Gasteiger partial charge is 0.480 e. The summed E-state index contributed by atoms with van der Waals surface area (Å²) in [6.07, 6.45) is 0.992. The summed E-state index contributed by atoms with van der Waals surface area (Å²) >= 11 is 5.86. The highest BCUT2D eigenvalue weighted by atomic mass is 35.5. The van der Waals surface area contributed by atoms with Gasteiger partial charge >= 0.3 is 5.97 Å². The summed E-state index contributed by atoms with van der Waals surface area (Å²) in [6, 6.07) is 8.07. The molecule has 0 spiro atoms. The van der Waals surface area contributed by atoms with Gasteiger partial charge in [0.25, 0.3) is 0 Å². The van der Waals surface area contributed by atoms with E-state index in [1.54, 1.807) is 0 Å². The number of hydrogen-bond donors (Lipinski definition) is 1. The molecule has 0 radical (unpaired) electrons. The van der Waals surface area contributed by atoms with E-state index in [1.807, 2.05) is 36.2 Å². The molecule has 0 aromatic heterocycles. The molecule has 18 heavy (non-hydrogen) atoms. The molecule has 98 valence electrons. The van der Waals surface area contributed by atoms with Gasteiger partial charge in [-0.2, -0.15) is 0 Å². The first-order chi connectivity index (χ1) is 8.56. The quantitative estimate of drug-likeness (QED) is 0.906. The Morgan fingerprint density at radius 3 is 2.78 bits per heavy atom. The predicted octanol–water partition coefficient (Wildman–Crippen LogP) is 1.94. The molecule has 1 N–H and O–H groups in total. The van der Waals surface area contributed by atoms with Crippen molar-refractivity contribution >= 4 is 23.3 Å². The summed E-state index contributed by atoms with van der Waals surface area (Å²) in [6.45, 7) is 1.92. The van der Waals surface area contributed by atoms with Crippen LogP contribution in [0.3, 0.4) is 0 Å². The van der Waals surface area contributed by atoms with Crippen LogP contribution in [0.4, 0.5) is 5.69 Å². The third kappa shape index (κ3) is 3.15. The Morgan fingerprint density at radius 1 is 1.50 bits per heavy atom. The zero-order valence-corrected chi connectivity index (χ0v) is 11.1. The maximum absolute atomic E-state index is 10.7. The number of benzene rings is 1. The second-order valence-electron chi connectivity index (χ2n) is 4.67. The molecule has 1 atom stereocenters. The average molecular weight is 269 g/mol. The van der Waals surface area contributed by atoms with Crippen LogP contribution in [0.1, 0.15) is 6.42 Å². The normalized spacial score (nSPS) is 19.5. The topological polar surface area (TPSA) is 43.8 Å². The van der Waals surface area contributed by atoms with Gasteiger partial charge in [-0.3, -0.25) is 9.69 Å². The number of likely N-dealkylation sites (N-methyl/N-ethyl adjacent to an activating group) is 1. The van der Waals surface area contributed by atoms with Crippen molar-refractivity contribution < 1.29 is 9.90 Å². The van der Waals surface area contributed by atoms with E-state index in [9.17, 15) is 4.79 Å². The minimum Gasteiger partial charge on any atom is -0.480 e. The summed E-state index contributed by atoms with van der Waals surface area (Å²) in [5.41, 5.74) is 1.14. The van der Waals surface area contributed by atoms with E-state index in [4.69, 9.17) is 16.7 Å². The molecule has 5 heteroatoms. The van der Waals surface area contributed by atoms with Gasteiger partial charge in [-0.25, -0.2) is 0 Å². The Labute approximate surface area is 112 Å². The zero-order chi connectivity index (χ0) is 13.1. The van der Waals surface area contributed by atoms with Crippen molar-refractivity contribution in [3.8, 4) is 0 Å². The van der Waals surface area contributed by atoms with E-state index in [-0.39, 0.29) is 6.54 Å². The van der Waals surface area contributed by atoms with Crippen molar-refractivity contribution in [1.82, 2.24) is 4.90 Å². The zero-order valence-electron chi connectivity index (χ0n) is 10.3. The fraction of sp³-hybridized carbons (Fsp3) is 0.462. The minimum atomic E-state index is -0.776. The average Bonchev–Trinajstić information content (AvgIpc) is 2.78. The number of rotatable bonds is 4. The van der Waals surface area contributed by atoms with E-state index in [0.29, 0.717) is 6.04 Å². The second-order valence-corrected chi connectivity index (χ2v) is 5.11. The Bertz CT molecular complexity index is 422. The SMILES string of the molecule is CN(CC(=O)O)C1CCN(c2ccc(Cl)cc2)C1. The van der Waals surface area contributed by atoms with Gasteiger partial charge in [0.15, 0.2) is 0 Å². The Hall–Kier alpha value is -1.26. The number of carbonyl (C=O) groups is 1. The molecule has 0 aliphatic carbocycles. The molecule has 1 heterocycles. The van der Waals surface area contributed by atoms with Crippen LogP contribution in [-0.4, -0.2) is 48.7 Å². The third-order valence-corrected chi connectivity index (χ3v) is 3.62. The summed E-state index contributed by atoms with van der Waals surface area (Å²) in [4.78, 5) is 14.8. The van der Waals surface area contributed by atoms with E-state index in [2.05, 4.69) is 4.90 Å². The lowest BCUT2D eigenvalue weighted by atomic mass is 10.2. The van der Waals surface area contributed by atoms with Crippen molar-refractivity contribution in [2.24, 2.45) is 0 Å². The number of hydrogen-bond acceptors (Lipinski definition) is 3. The number of halogens is 1. The Balaban J connectivity index is 1.95. The first-order valence-electron chi connectivity index (χ1n) is 5.99. The summed E-state index contributed by atoms with van der Waals surface area (Å²) in [5, 5.41) is 9.52. The number of aliphatic carboxylic acids is 1. The molecule has 0 saturated carbocycles. The first kappa shape index (κ1) is 13.2. The van der Waals surface area contributed by atoms with Crippen LogP contribution in [0.5, 0.6) is 0 Å². The van der Waals surface area contributed by atoms with E-state index >= 15 is 0 Å². The van der Waals surface area contributed by atoms with Crippen molar-refractivity contribution in [3.05, 3.63) is 29.3 Å². The summed E-state index contributed by atoms with van der Waals surface area (Å²) < 4.78 is 0. The van der Waals surface area contributed by atoms with E-state index in [0.717, 1.165) is 30.2 Å². The summed E-state index contributed by atoms with van der Waals surface area (Å²) in [7, 11) is 1.87. The molecule has 1 aliphatic heterocycles. The molecular weight excluding hydrogens is 252 g/mol. The molecule has 0 amide bonds. The fourth-order valence-corrected chi connectivity index (χ4v) is 2.46. The number of anilines is 1. The molecule has 1 unspecified atom stereocenters. The van der Waals surface area contributed by atoms with Gasteiger partial charge in [0.1, 0.15) is 0 Å². The second kappa shape index (κ2) is 5.59. The molecule has 0 bridgehead atoms. The fourth-order valence-electron chi connectivity index (χ4n) is 2.33. The maximum atomic E-state index is 10.7. The number of carboxylic acids is 1. The number of carboxylic acid groups (broad SMARTS) is 1. The lowest BCUT2D eigenvalue weighted by Crippen LogP contribution is -2.37. The molecule has 2 rings (SSSR count). The van der Waals surface area contributed by atoms with Crippen LogP contribution in [-0.2, 0) is 4.79 Å². The van der Waals surface area contributed by atoms with Crippen molar-refractivity contribution in [3.63, 3.8) is 0 Å². The lowest BCUT2D eigenvalue weighted by molar-refractivity contribution is -0.138. The highest BCUT2D eigenvalue weighted by Crippen LogP contribution is 2.23. The highest BCUT2D eigenvalue weighted by Gasteiger charge is 2.26. The maximum Gasteiger partial charge on any atom is 0.317 e. The van der Waals surface area contributed by atoms with Gasteiger partial charge in [-0.1, -0.05) is 11.6 Å². The molecule has 4 nitrogen and oxygen atoms in total.